The van der Waals surface area contributed by atoms with E-state index in [1.165, 1.54) is 44.9 Å². The molecule has 2 heteroatoms. The maximum Gasteiger partial charge on any atom is 0.306 e. The van der Waals surface area contributed by atoms with E-state index < -0.39 is 0 Å². The van der Waals surface area contributed by atoms with E-state index in [1.807, 2.05) is 0 Å². The number of hydrogen-bond acceptors (Lipinski definition) is 2. The molecule has 0 aliphatic heterocycles. The minimum atomic E-state index is -0.00492. The lowest BCUT2D eigenvalue weighted by Gasteiger charge is -2.13. The molecule has 0 heterocycles. The minimum Gasteiger partial charge on any atom is -0.462 e. The molecule has 0 radical (unpaired) electrons. The lowest BCUT2D eigenvalue weighted by molar-refractivity contribution is -0.149. The molecule has 0 aromatic rings. The van der Waals surface area contributed by atoms with E-state index in [4.69, 9.17) is 4.74 Å². The van der Waals surface area contributed by atoms with Gasteiger partial charge in [0, 0.05) is 6.42 Å². The Morgan fingerprint density at radius 2 is 1.33 bits per heavy atom. The van der Waals surface area contributed by atoms with Gasteiger partial charge in [-0.3, -0.25) is 4.79 Å². The molecular weight excluding hydrogens is 224 g/mol. The van der Waals surface area contributed by atoms with Crippen molar-refractivity contribution in [3.8, 4) is 0 Å². The van der Waals surface area contributed by atoms with Crippen molar-refractivity contribution >= 4 is 5.97 Å². The van der Waals surface area contributed by atoms with Crippen LogP contribution in [0.2, 0.25) is 0 Å². The summed E-state index contributed by atoms with van der Waals surface area (Å²) in [6.07, 6.45) is 12.7. The number of carbonyl (C=O) groups is 1. The molecule has 0 amide bonds. The van der Waals surface area contributed by atoms with Crippen LogP contribution in [0.5, 0.6) is 0 Å². The highest BCUT2D eigenvalue weighted by Gasteiger charge is 2.09. The predicted octanol–water partition coefficient (Wildman–Crippen LogP) is 5.25. The maximum atomic E-state index is 11.5. The Labute approximate surface area is 113 Å². The van der Waals surface area contributed by atoms with Crippen molar-refractivity contribution in [2.24, 2.45) is 0 Å². The largest absolute Gasteiger partial charge is 0.462 e. The van der Waals surface area contributed by atoms with Gasteiger partial charge in [-0.05, 0) is 19.3 Å². The van der Waals surface area contributed by atoms with Crippen molar-refractivity contribution in [1.82, 2.24) is 0 Å². The Bertz CT molecular complexity index is 186. The molecule has 0 aliphatic rings. The van der Waals surface area contributed by atoms with Gasteiger partial charge in [-0.25, -0.2) is 0 Å². The van der Waals surface area contributed by atoms with Gasteiger partial charge in [-0.2, -0.15) is 0 Å². The van der Waals surface area contributed by atoms with Gasteiger partial charge in [0.15, 0.2) is 0 Å². The van der Waals surface area contributed by atoms with E-state index in [2.05, 4.69) is 20.8 Å². The van der Waals surface area contributed by atoms with E-state index in [-0.39, 0.29) is 12.1 Å². The van der Waals surface area contributed by atoms with Crippen molar-refractivity contribution in [1.29, 1.82) is 0 Å². The molecule has 108 valence electrons. The van der Waals surface area contributed by atoms with Crippen molar-refractivity contribution in [3.63, 3.8) is 0 Å². The van der Waals surface area contributed by atoms with Crippen LogP contribution in [0.4, 0.5) is 0 Å². The molecule has 0 aromatic heterocycles. The molecule has 0 spiro atoms. The summed E-state index contributed by atoms with van der Waals surface area (Å²) in [4.78, 5) is 11.5. The SMILES string of the molecule is CCCCCCCCCCC(=O)OC(CC)CC. The van der Waals surface area contributed by atoms with E-state index in [0.717, 1.165) is 19.3 Å². The average molecular weight is 256 g/mol. The first-order valence-electron chi connectivity index (χ1n) is 7.94. The van der Waals surface area contributed by atoms with Crippen LogP contribution >= 0.6 is 0 Å². The number of esters is 1. The van der Waals surface area contributed by atoms with Gasteiger partial charge in [0.05, 0.1) is 0 Å². The fraction of sp³-hybridized carbons (Fsp3) is 0.938. The summed E-state index contributed by atoms with van der Waals surface area (Å²) >= 11 is 0. The molecule has 2 nitrogen and oxygen atoms in total. The van der Waals surface area contributed by atoms with Crippen LogP contribution in [0.25, 0.3) is 0 Å². The molecule has 0 unspecified atom stereocenters. The molecule has 0 atom stereocenters. The molecular formula is C16H32O2. The predicted molar refractivity (Wildman–Crippen MR) is 77.7 cm³/mol. The molecule has 0 bridgehead atoms. The van der Waals surface area contributed by atoms with Gasteiger partial charge in [-0.1, -0.05) is 65.7 Å². The number of rotatable bonds is 12. The Kier molecular flexibility index (Phi) is 12.5. The summed E-state index contributed by atoms with van der Waals surface area (Å²) in [5, 5.41) is 0. The second kappa shape index (κ2) is 12.9. The smallest absolute Gasteiger partial charge is 0.306 e. The van der Waals surface area contributed by atoms with E-state index >= 15 is 0 Å². The van der Waals surface area contributed by atoms with Crippen LogP contribution < -0.4 is 0 Å². The van der Waals surface area contributed by atoms with Crippen molar-refractivity contribution in [3.05, 3.63) is 0 Å². The molecule has 0 aliphatic carbocycles. The fourth-order valence-electron chi connectivity index (χ4n) is 2.10. The maximum absolute atomic E-state index is 11.5. The quantitative estimate of drug-likeness (QED) is 0.352. The lowest BCUT2D eigenvalue weighted by Crippen LogP contribution is -2.16. The minimum absolute atomic E-state index is 0.00492. The van der Waals surface area contributed by atoms with Crippen molar-refractivity contribution in [2.45, 2.75) is 97.5 Å². The first kappa shape index (κ1) is 17.5. The van der Waals surface area contributed by atoms with Gasteiger partial charge in [0.1, 0.15) is 6.10 Å². The van der Waals surface area contributed by atoms with Gasteiger partial charge in [0.25, 0.3) is 0 Å². The highest BCUT2D eigenvalue weighted by molar-refractivity contribution is 5.69. The van der Waals surface area contributed by atoms with Crippen LogP contribution in [0.3, 0.4) is 0 Å². The van der Waals surface area contributed by atoms with Gasteiger partial charge in [-0.15, -0.1) is 0 Å². The fourth-order valence-corrected chi connectivity index (χ4v) is 2.10. The standard InChI is InChI=1S/C16H32O2/c1-4-7-8-9-10-11-12-13-14-16(17)18-15(5-2)6-3/h15H,4-14H2,1-3H3. The van der Waals surface area contributed by atoms with Crippen LogP contribution in [-0.2, 0) is 9.53 Å². The summed E-state index contributed by atoms with van der Waals surface area (Å²) < 4.78 is 5.37. The van der Waals surface area contributed by atoms with Crippen LogP contribution in [0, 0.1) is 0 Å². The van der Waals surface area contributed by atoms with Crippen LogP contribution in [-0.4, -0.2) is 12.1 Å². The molecule has 0 N–H and O–H groups in total. The molecule has 18 heavy (non-hydrogen) atoms. The average Bonchev–Trinajstić information content (AvgIpc) is 2.39. The van der Waals surface area contributed by atoms with Gasteiger partial charge < -0.3 is 4.74 Å². The van der Waals surface area contributed by atoms with Gasteiger partial charge in [0.2, 0.25) is 0 Å². The number of ether oxygens (including phenoxy) is 1. The molecule has 0 rings (SSSR count). The monoisotopic (exact) mass is 256 g/mol. The Morgan fingerprint density at radius 3 is 1.83 bits per heavy atom. The second-order valence-electron chi connectivity index (χ2n) is 5.15. The number of carbonyl (C=O) groups excluding carboxylic acids is 1. The zero-order chi connectivity index (χ0) is 13.6. The first-order valence-corrected chi connectivity index (χ1v) is 7.94. The lowest BCUT2D eigenvalue weighted by atomic mass is 10.1. The summed E-state index contributed by atoms with van der Waals surface area (Å²) in [6, 6.07) is 0. The first-order chi connectivity index (χ1) is 8.74. The van der Waals surface area contributed by atoms with Crippen LogP contribution in [0.15, 0.2) is 0 Å². The summed E-state index contributed by atoms with van der Waals surface area (Å²) in [5.74, 6) is -0.00492. The Hall–Kier alpha value is -0.530. The Balaban J connectivity index is 3.30. The van der Waals surface area contributed by atoms with E-state index in [1.54, 1.807) is 0 Å². The summed E-state index contributed by atoms with van der Waals surface area (Å²) in [6.45, 7) is 6.38. The van der Waals surface area contributed by atoms with E-state index in [0.29, 0.717) is 6.42 Å². The third-order valence-electron chi connectivity index (χ3n) is 3.44. The number of hydrogen-bond donors (Lipinski definition) is 0. The Morgan fingerprint density at radius 1 is 0.833 bits per heavy atom. The highest BCUT2D eigenvalue weighted by atomic mass is 16.5. The van der Waals surface area contributed by atoms with Gasteiger partial charge >= 0.3 is 5.97 Å². The summed E-state index contributed by atoms with van der Waals surface area (Å²) in [7, 11) is 0. The molecule has 0 aromatic carbocycles. The molecule has 0 saturated heterocycles. The van der Waals surface area contributed by atoms with E-state index in [9.17, 15) is 4.79 Å². The van der Waals surface area contributed by atoms with Crippen molar-refractivity contribution in [2.75, 3.05) is 0 Å². The zero-order valence-corrected chi connectivity index (χ0v) is 12.7. The second-order valence-corrected chi connectivity index (χ2v) is 5.15. The third-order valence-corrected chi connectivity index (χ3v) is 3.44. The van der Waals surface area contributed by atoms with Crippen LogP contribution in [0.1, 0.15) is 91.4 Å². The third kappa shape index (κ3) is 10.6. The highest BCUT2D eigenvalue weighted by Crippen LogP contribution is 2.11. The number of unbranched alkanes of at least 4 members (excludes halogenated alkanes) is 7. The molecule has 0 fully saturated rings. The zero-order valence-electron chi connectivity index (χ0n) is 12.7. The normalized spacial score (nSPS) is 10.9. The van der Waals surface area contributed by atoms with Crippen molar-refractivity contribution < 1.29 is 9.53 Å². The molecule has 0 saturated carbocycles. The summed E-state index contributed by atoms with van der Waals surface area (Å²) in [5.41, 5.74) is 0. The topological polar surface area (TPSA) is 26.3 Å².